The van der Waals surface area contributed by atoms with Gasteiger partial charge >= 0.3 is 5.97 Å². The van der Waals surface area contributed by atoms with E-state index in [1.807, 2.05) is 6.07 Å². The fraction of sp³-hybridized carbons (Fsp3) is 0.533. The summed E-state index contributed by atoms with van der Waals surface area (Å²) in [7, 11) is 0. The van der Waals surface area contributed by atoms with Gasteiger partial charge in [-0.05, 0) is 36.5 Å². The van der Waals surface area contributed by atoms with Crippen molar-refractivity contribution >= 4 is 5.97 Å². The zero-order chi connectivity index (χ0) is 13.4. The summed E-state index contributed by atoms with van der Waals surface area (Å²) in [5, 5.41) is 12.6. The van der Waals surface area contributed by atoms with Gasteiger partial charge in [0, 0.05) is 19.0 Å². The molecule has 102 valence electrons. The van der Waals surface area contributed by atoms with Gasteiger partial charge in [0.1, 0.15) is 5.75 Å². The molecule has 3 rings (SSSR count). The molecule has 0 spiro atoms. The molecule has 19 heavy (non-hydrogen) atoms. The van der Waals surface area contributed by atoms with Crippen molar-refractivity contribution in [2.75, 3.05) is 13.2 Å². The van der Waals surface area contributed by atoms with Gasteiger partial charge in [-0.1, -0.05) is 12.1 Å². The molecule has 3 atom stereocenters. The second-order valence-electron chi connectivity index (χ2n) is 5.56. The van der Waals surface area contributed by atoms with Crippen LogP contribution in [0.4, 0.5) is 0 Å². The number of ether oxygens (including phenoxy) is 1. The third-order valence-electron chi connectivity index (χ3n) is 4.24. The van der Waals surface area contributed by atoms with Crippen molar-refractivity contribution in [2.24, 2.45) is 5.92 Å². The number of fused-ring (bicyclic) bond motifs is 1. The Kier molecular flexibility index (Phi) is 3.19. The number of aliphatic carboxylic acids is 1. The summed E-state index contributed by atoms with van der Waals surface area (Å²) >= 11 is 0. The average Bonchev–Trinajstić information content (AvgIpc) is 2.85. The molecule has 1 aromatic carbocycles. The topological polar surface area (TPSA) is 58.6 Å². The molecule has 2 aliphatic rings. The molecule has 0 saturated carbocycles. The number of carbonyl (C=O) groups is 1. The Morgan fingerprint density at radius 2 is 2.32 bits per heavy atom. The predicted octanol–water partition coefficient (Wildman–Crippen LogP) is 1.79. The van der Waals surface area contributed by atoms with Crippen molar-refractivity contribution in [3.05, 3.63) is 29.3 Å². The molecule has 0 aromatic heterocycles. The average molecular weight is 261 g/mol. The lowest BCUT2D eigenvalue weighted by molar-refractivity contribution is -0.143. The van der Waals surface area contributed by atoms with Crippen molar-refractivity contribution in [2.45, 2.75) is 31.7 Å². The van der Waals surface area contributed by atoms with Crippen molar-refractivity contribution in [1.82, 2.24) is 5.32 Å². The lowest BCUT2D eigenvalue weighted by Crippen LogP contribution is -2.44. The van der Waals surface area contributed by atoms with Gasteiger partial charge in [0.2, 0.25) is 0 Å². The van der Waals surface area contributed by atoms with Crippen molar-refractivity contribution < 1.29 is 14.6 Å². The quantitative estimate of drug-likeness (QED) is 0.852. The third kappa shape index (κ3) is 2.32. The van der Waals surface area contributed by atoms with E-state index < -0.39 is 5.97 Å². The minimum absolute atomic E-state index is 0.0725. The molecule has 2 N–H and O–H groups in total. The van der Waals surface area contributed by atoms with Gasteiger partial charge in [-0.25, -0.2) is 0 Å². The van der Waals surface area contributed by atoms with Gasteiger partial charge in [0.15, 0.2) is 0 Å². The first-order chi connectivity index (χ1) is 9.15. The highest BCUT2D eigenvalue weighted by Gasteiger charge is 2.34. The van der Waals surface area contributed by atoms with Crippen LogP contribution in [0.5, 0.6) is 5.75 Å². The first kappa shape index (κ1) is 12.5. The molecule has 4 nitrogen and oxygen atoms in total. The number of carboxylic acid groups (broad SMARTS) is 1. The van der Waals surface area contributed by atoms with Gasteiger partial charge in [0.05, 0.1) is 12.5 Å². The van der Waals surface area contributed by atoms with Crippen LogP contribution in [0.2, 0.25) is 0 Å². The van der Waals surface area contributed by atoms with Gasteiger partial charge in [-0.15, -0.1) is 0 Å². The third-order valence-corrected chi connectivity index (χ3v) is 4.24. The van der Waals surface area contributed by atoms with Crippen LogP contribution in [0.1, 0.15) is 30.4 Å². The molecule has 1 saturated heterocycles. The van der Waals surface area contributed by atoms with Crippen LogP contribution in [-0.2, 0) is 11.2 Å². The van der Waals surface area contributed by atoms with Crippen LogP contribution in [0.15, 0.2) is 18.2 Å². The van der Waals surface area contributed by atoms with E-state index >= 15 is 0 Å². The van der Waals surface area contributed by atoms with E-state index in [1.54, 1.807) is 0 Å². The Balaban J connectivity index is 1.91. The molecule has 0 aliphatic carbocycles. The van der Waals surface area contributed by atoms with E-state index in [2.05, 4.69) is 24.4 Å². The van der Waals surface area contributed by atoms with Crippen LogP contribution in [0.25, 0.3) is 0 Å². The summed E-state index contributed by atoms with van der Waals surface area (Å²) in [6.07, 6.45) is 1.82. The summed E-state index contributed by atoms with van der Waals surface area (Å²) in [4.78, 5) is 11.4. The minimum atomic E-state index is -0.717. The maximum absolute atomic E-state index is 11.4. The summed E-state index contributed by atoms with van der Waals surface area (Å²) < 4.78 is 5.59. The number of benzene rings is 1. The summed E-state index contributed by atoms with van der Waals surface area (Å²) in [6, 6.07) is 6.56. The van der Waals surface area contributed by atoms with Crippen LogP contribution in [0.3, 0.4) is 0 Å². The fourth-order valence-electron chi connectivity index (χ4n) is 3.14. The number of hydrogen-bond acceptors (Lipinski definition) is 3. The summed E-state index contributed by atoms with van der Waals surface area (Å²) in [5.41, 5.74) is 2.33. The lowest BCUT2D eigenvalue weighted by atomic mass is 9.78. The second-order valence-corrected chi connectivity index (χ2v) is 5.56. The van der Waals surface area contributed by atoms with Crippen molar-refractivity contribution in [3.63, 3.8) is 0 Å². The predicted molar refractivity (Wildman–Crippen MR) is 71.6 cm³/mol. The smallest absolute Gasteiger partial charge is 0.308 e. The number of carboxylic acids is 1. The van der Waals surface area contributed by atoms with E-state index in [0.29, 0.717) is 12.6 Å². The second kappa shape index (κ2) is 4.85. The Morgan fingerprint density at radius 1 is 1.47 bits per heavy atom. The Labute approximate surface area is 112 Å². The first-order valence-electron chi connectivity index (χ1n) is 6.87. The molecule has 0 amide bonds. The molecule has 4 heteroatoms. The molecular weight excluding hydrogens is 242 g/mol. The molecule has 3 unspecified atom stereocenters. The highest BCUT2D eigenvalue weighted by Crippen LogP contribution is 2.36. The normalized spacial score (nSPS) is 29.6. The monoisotopic (exact) mass is 261 g/mol. The lowest BCUT2D eigenvalue weighted by Gasteiger charge is -2.33. The van der Waals surface area contributed by atoms with E-state index in [1.165, 1.54) is 5.56 Å². The summed E-state index contributed by atoms with van der Waals surface area (Å²) in [5.74, 6) is -0.0578. The maximum atomic E-state index is 11.4. The SMILES string of the molecule is CC1CC(c2ccc3c(c2)OCC3)C(C(=O)O)CN1. The molecule has 0 bridgehead atoms. The van der Waals surface area contributed by atoms with Gasteiger partial charge < -0.3 is 15.2 Å². The molecular formula is C15H19NO3. The minimum Gasteiger partial charge on any atom is -0.493 e. The van der Waals surface area contributed by atoms with Gasteiger partial charge in [-0.3, -0.25) is 4.79 Å². The van der Waals surface area contributed by atoms with Gasteiger partial charge in [0.25, 0.3) is 0 Å². The molecule has 1 aromatic rings. The van der Waals surface area contributed by atoms with E-state index in [4.69, 9.17) is 4.74 Å². The Hall–Kier alpha value is -1.55. The van der Waals surface area contributed by atoms with E-state index in [9.17, 15) is 9.90 Å². The molecule has 2 aliphatic heterocycles. The first-order valence-corrected chi connectivity index (χ1v) is 6.87. The summed E-state index contributed by atoms with van der Waals surface area (Å²) in [6.45, 7) is 3.39. The zero-order valence-electron chi connectivity index (χ0n) is 11.1. The van der Waals surface area contributed by atoms with Gasteiger partial charge in [-0.2, -0.15) is 0 Å². The van der Waals surface area contributed by atoms with Crippen LogP contribution < -0.4 is 10.1 Å². The van der Waals surface area contributed by atoms with Crippen molar-refractivity contribution in [1.29, 1.82) is 0 Å². The molecule has 1 fully saturated rings. The van der Waals surface area contributed by atoms with Crippen LogP contribution >= 0.6 is 0 Å². The highest BCUT2D eigenvalue weighted by atomic mass is 16.5. The number of piperidine rings is 1. The zero-order valence-corrected chi connectivity index (χ0v) is 11.1. The van der Waals surface area contributed by atoms with Crippen LogP contribution in [0, 0.1) is 5.92 Å². The van der Waals surface area contributed by atoms with E-state index in [0.717, 1.165) is 30.8 Å². The standard InChI is InChI=1S/C15H19NO3/c1-9-6-12(13(8-16-9)15(17)18)11-3-2-10-4-5-19-14(10)7-11/h2-3,7,9,12-13,16H,4-6,8H2,1H3,(H,17,18). The molecule has 0 radical (unpaired) electrons. The number of rotatable bonds is 2. The molecule has 2 heterocycles. The Bertz CT molecular complexity index is 500. The Morgan fingerprint density at radius 3 is 3.11 bits per heavy atom. The van der Waals surface area contributed by atoms with E-state index in [-0.39, 0.29) is 11.8 Å². The largest absolute Gasteiger partial charge is 0.493 e. The maximum Gasteiger partial charge on any atom is 0.308 e. The fourth-order valence-corrected chi connectivity index (χ4v) is 3.14. The highest BCUT2D eigenvalue weighted by molar-refractivity contribution is 5.72. The van der Waals surface area contributed by atoms with Crippen LogP contribution in [-0.4, -0.2) is 30.3 Å². The van der Waals surface area contributed by atoms with Crippen molar-refractivity contribution in [3.8, 4) is 5.75 Å². The number of hydrogen-bond donors (Lipinski definition) is 2. The number of nitrogens with one attached hydrogen (secondary N) is 1.